The Morgan fingerprint density at radius 2 is 1.95 bits per heavy atom. The molecule has 1 aliphatic heterocycles. The van der Waals surface area contributed by atoms with E-state index in [1.54, 1.807) is 17.8 Å². The van der Waals surface area contributed by atoms with Crippen molar-refractivity contribution < 1.29 is 9.13 Å². The van der Waals surface area contributed by atoms with Crippen molar-refractivity contribution in [1.29, 1.82) is 0 Å². The Balaban J connectivity index is 1.87. The normalized spacial score (nSPS) is 20.7. The first-order chi connectivity index (χ1) is 10.3. The molecule has 2 unspecified atom stereocenters. The van der Waals surface area contributed by atoms with Gasteiger partial charge >= 0.3 is 0 Å². The van der Waals surface area contributed by atoms with E-state index in [-0.39, 0.29) is 17.1 Å². The molecule has 1 heterocycles. The van der Waals surface area contributed by atoms with E-state index in [4.69, 9.17) is 4.74 Å². The average Bonchev–Trinajstić information content (AvgIpc) is 2.52. The van der Waals surface area contributed by atoms with Crippen molar-refractivity contribution in [3.63, 3.8) is 0 Å². The molecule has 110 valence electrons. The van der Waals surface area contributed by atoms with Gasteiger partial charge < -0.3 is 10.1 Å². The zero-order valence-electron chi connectivity index (χ0n) is 11.9. The van der Waals surface area contributed by atoms with Crippen molar-refractivity contribution in [2.24, 2.45) is 0 Å². The maximum atomic E-state index is 13.9. The SMILES string of the molecule is CCNC1c2ccccc2OCC1Sc1ccccc1F. The number of thioether (sulfide) groups is 1. The van der Waals surface area contributed by atoms with Crippen LogP contribution >= 0.6 is 11.8 Å². The highest BCUT2D eigenvalue weighted by Crippen LogP contribution is 2.40. The van der Waals surface area contributed by atoms with Gasteiger partial charge in [-0.3, -0.25) is 0 Å². The molecule has 2 atom stereocenters. The highest BCUT2D eigenvalue weighted by molar-refractivity contribution is 8.00. The van der Waals surface area contributed by atoms with Gasteiger partial charge in [0.15, 0.2) is 0 Å². The summed E-state index contributed by atoms with van der Waals surface area (Å²) in [5.41, 5.74) is 1.15. The van der Waals surface area contributed by atoms with Crippen molar-refractivity contribution in [3.8, 4) is 5.75 Å². The maximum Gasteiger partial charge on any atom is 0.136 e. The van der Waals surface area contributed by atoms with Gasteiger partial charge in [0, 0.05) is 10.5 Å². The molecular formula is C17H18FNOS. The fourth-order valence-corrected chi connectivity index (χ4v) is 3.78. The summed E-state index contributed by atoms with van der Waals surface area (Å²) in [6.45, 7) is 3.53. The number of nitrogens with one attached hydrogen (secondary N) is 1. The Bertz CT molecular complexity index is 619. The quantitative estimate of drug-likeness (QED) is 0.921. The zero-order valence-corrected chi connectivity index (χ0v) is 12.7. The number of hydrogen-bond donors (Lipinski definition) is 1. The third-order valence-electron chi connectivity index (χ3n) is 3.57. The van der Waals surface area contributed by atoms with Crippen molar-refractivity contribution in [1.82, 2.24) is 5.32 Å². The van der Waals surface area contributed by atoms with Crippen molar-refractivity contribution in [3.05, 3.63) is 59.9 Å². The predicted octanol–water partition coefficient (Wildman–Crippen LogP) is 4.03. The molecule has 1 N–H and O–H groups in total. The number of hydrogen-bond acceptors (Lipinski definition) is 3. The summed E-state index contributed by atoms with van der Waals surface area (Å²) in [5.74, 6) is 0.755. The fraction of sp³-hybridized carbons (Fsp3) is 0.294. The molecule has 0 spiro atoms. The standard InChI is InChI=1S/C17H18FNOS/c1-2-19-17-12-7-3-5-9-14(12)20-11-16(17)21-15-10-6-4-8-13(15)18/h3-10,16-17,19H,2,11H2,1H3. The highest BCUT2D eigenvalue weighted by Gasteiger charge is 2.31. The molecule has 2 aromatic carbocycles. The van der Waals surface area contributed by atoms with E-state index in [9.17, 15) is 4.39 Å². The van der Waals surface area contributed by atoms with Crippen molar-refractivity contribution >= 4 is 11.8 Å². The Labute approximate surface area is 128 Å². The molecule has 0 aromatic heterocycles. The van der Waals surface area contributed by atoms with Crippen LogP contribution in [0.1, 0.15) is 18.5 Å². The summed E-state index contributed by atoms with van der Waals surface area (Å²) in [4.78, 5) is 0.674. The number of benzene rings is 2. The summed E-state index contributed by atoms with van der Waals surface area (Å²) in [6, 6.07) is 15.1. The van der Waals surface area contributed by atoms with Crippen molar-refractivity contribution in [2.45, 2.75) is 23.1 Å². The fourth-order valence-electron chi connectivity index (χ4n) is 2.60. The second-order valence-electron chi connectivity index (χ2n) is 4.97. The lowest BCUT2D eigenvalue weighted by molar-refractivity contribution is 0.261. The molecule has 2 nitrogen and oxygen atoms in total. The van der Waals surface area contributed by atoms with Crippen LogP contribution in [0.4, 0.5) is 4.39 Å². The van der Waals surface area contributed by atoms with E-state index in [0.717, 1.165) is 17.9 Å². The van der Waals surface area contributed by atoms with Crippen LogP contribution in [0.5, 0.6) is 5.75 Å². The van der Waals surface area contributed by atoms with E-state index in [1.807, 2.05) is 30.3 Å². The number of para-hydroxylation sites is 1. The second kappa shape index (κ2) is 6.50. The van der Waals surface area contributed by atoms with Gasteiger partial charge in [0.25, 0.3) is 0 Å². The Kier molecular flexibility index (Phi) is 4.46. The first-order valence-electron chi connectivity index (χ1n) is 7.16. The highest BCUT2D eigenvalue weighted by atomic mass is 32.2. The molecule has 0 fully saturated rings. The van der Waals surface area contributed by atoms with Gasteiger partial charge in [-0.2, -0.15) is 0 Å². The number of halogens is 1. The molecule has 0 radical (unpaired) electrons. The summed E-state index contributed by atoms with van der Waals surface area (Å²) in [6.07, 6.45) is 0. The van der Waals surface area contributed by atoms with Crippen LogP contribution in [-0.2, 0) is 0 Å². The van der Waals surface area contributed by atoms with Crippen LogP contribution in [0.2, 0.25) is 0 Å². The average molecular weight is 303 g/mol. The van der Waals surface area contributed by atoms with Crippen LogP contribution in [0, 0.1) is 5.82 Å². The molecule has 4 heteroatoms. The first-order valence-corrected chi connectivity index (χ1v) is 8.04. The maximum absolute atomic E-state index is 13.9. The zero-order chi connectivity index (χ0) is 14.7. The molecule has 3 rings (SSSR count). The summed E-state index contributed by atoms with van der Waals surface area (Å²) >= 11 is 1.54. The minimum atomic E-state index is -0.170. The van der Waals surface area contributed by atoms with Gasteiger partial charge in [0.1, 0.15) is 18.2 Å². The van der Waals surface area contributed by atoms with Crippen LogP contribution in [0.3, 0.4) is 0 Å². The summed E-state index contributed by atoms with van der Waals surface area (Å²) in [7, 11) is 0. The monoisotopic (exact) mass is 303 g/mol. The summed E-state index contributed by atoms with van der Waals surface area (Å²) in [5, 5.41) is 3.66. The summed E-state index contributed by atoms with van der Waals surface area (Å²) < 4.78 is 19.7. The van der Waals surface area contributed by atoms with Crippen LogP contribution in [-0.4, -0.2) is 18.4 Å². The van der Waals surface area contributed by atoms with Gasteiger partial charge in [-0.15, -0.1) is 11.8 Å². The molecule has 0 amide bonds. The lowest BCUT2D eigenvalue weighted by Crippen LogP contribution is -2.37. The van der Waals surface area contributed by atoms with Gasteiger partial charge in [-0.1, -0.05) is 37.3 Å². The topological polar surface area (TPSA) is 21.3 Å². The van der Waals surface area contributed by atoms with Crippen molar-refractivity contribution in [2.75, 3.05) is 13.2 Å². The van der Waals surface area contributed by atoms with Crippen LogP contribution in [0.15, 0.2) is 53.4 Å². The molecule has 21 heavy (non-hydrogen) atoms. The minimum absolute atomic E-state index is 0.150. The Morgan fingerprint density at radius 1 is 1.19 bits per heavy atom. The van der Waals surface area contributed by atoms with Crippen LogP contribution < -0.4 is 10.1 Å². The third-order valence-corrected chi connectivity index (χ3v) is 4.86. The van der Waals surface area contributed by atoms with E-state index in [0.29, 0.717) is 11.5 Å². The van der Waals surface area contributed by atoms with E-state index < -0.39 is 0 Å². The molecular weight excluding hydrogens is 285 g/mol. The van der Waals surface area contributed by atoms with Gasteiger partial charge in [-0.25, -0.2) is 4.39 Å². The smallest absolute Gasteiger partial charge is 0.136 e. The molecule has 0 bridgehead atoms. The number of fused-ring (bicyclic) bond motifs is 1. The lowest BCUT2D eigenvalue weighted by atomic mass is 10.0. The van der Waals surface area contributed by atoms with E-state index in [2.05, 4.69) is 18.3 Å². The minimum Gasteiger partial charge on any atom is -0.492 e. The first kappa shape index (κ1) is 14.4. The van der Waals surface area contributed by atoms with E-state index >= 15 is 0 Å². The third kappa shape index (κ3) is 3.06. The number of rotatable bonds is 4. The Hall–Kier alpha value is -1.52. The van der Waals surface area contributed by atoms with Gasteiger partial charge in [-0.05, 0) is 24.7 Å². The van der Waals surface area contributed by atoms with Crippen LogP contribution in [0.25, 0.3) is 0 Å². The predicted molar refractivity (Wildman–Crippen MR) is 84.4 cm³/mol. The van der Waals surface area contributed by atoms with E-state index in [1.165, 1.54) is 6.07 Å². The lowest BCUT2D eigenvalue weighted by Gasteiger charge is -2.33. The molecule has 0 aliphatic carbocycles. The molecule has 0 saturated heterocycles. The van der Waals surface area contributed by atoms with Gasteiger partial charge in [0.05, 0.1) is 11.3 Å². The molecule has 1 aliphatic rings. The molecule has 0 saturated carbocycles. The molecule has 2 aromatic rings. The van der Waals surface area contributed by atoms with Gasteiger partial charge in [0.2, 0.25) is 0 Å². The number of ether oxygens (including phenoxy) is 1. The largest absolute Gasteiger partial charge is 0.492 e. The second-order valence-corrected chi connectivity index (χ2v) is 6.25. The Morgan fingerprint density at radius 3 is 2.76 bits per heavy atom.